The summed E-state index contributed by atoms with van der Waals surface area (Å²) in [5, 5.41) is 9.80. The number of hydrogen-bond donors (Lipinski definition) is 0. The van der Waals surface area contributed by atoms with Crippen molar-refractivity contribution in [2.45, 2.75) is 13.3 Å². The highest BCUT2D eigenvalue weighted by molar-refractivity contribution is 4.57. The summed E-state index contributed by atoms with van der Waals surface area (Å²) in [7, 11) is 0. The molecule has 0 aromatic carbocycles. The highest BCUT2D eigenvalue weighted by Gasteiger charge is 2.04. The summed E-state index contributed by atoms with van der Waals surface area (Å²) in [5.41, 5.74) is 0. The summed E-state index contributed by atoms with van der Waals surface area (Å²) in [6, 6.07) is 0. The van der Waals surface area contributed by atoms with E-state index < -0.39 is 0 Å². The van der Waals surface area contributed by atoms with Crippen LogP contribution >= 0.6 is 0 Å². The summed E-state index contributed by atoms with van der Waals surface area (Å²) in [6.07, 6.45) is 1.05. The maximum absolute atomic E-state index is 5.19. The first-order chi connectivity index (χ1) is 5.43. The molecule has 0 N–H and O–H groups in total. The van der Waals surface area contributed by atoms with Gasteiger partial charge in [-0.15, -0.1) is 0 Å². The molecule has 1 heterocycles. The Hall–Kier alpha value is -0.640. The molecule has 4 heteroatoms. The lowest BCUT2D eigenvalue weighted by molar-refractivity contribution is 0.134. The van der Waals surface area contributed by atoms with Gasteiger partial charge in [0.1, 0.15) is 0 Å². The number of ether oxygens (including phenoxy) is 1. The van der Waals surface area contributed by atoms with Crippen LogP contribution in [0.15, 0.2) is 10.3 Å². The van der Waals surface area contributed by atoms with Gasteiger partial charge in [-0.2, -0.15) is 5.11 Å². The molecule has 0 saturated carbocycles. The van der Waals surface area contributed by atoms with Gasteiger partial charge in [0.15, 0.2) is 0 Å². The zero-order chi connectivity index (χ0) is 7.94. The van der Waals surface area contributed by atoms with Gasteiger partial charge < -0.3 is 4.74 Å². The lowest BCUT2D eigenvalue weighted by Crippen LogP contribution is -2.18. The number of hydrogen-bond acceptors (Lipinski definition) is 4. The van der Waals surface area contributed by atoms with Gasteiger partial charge in [0.05, 0.1) is 13.1 Å². The largest absolute Gasteiger partial charge is 0.382 e. The SMILES string of the molecule is CCOCCCN1CCN=N1. The summed E-state index contributed by atoms with van der Waals surface area (Å²) < 4.78 is 5.19. The van der Waals surface area contributed by atoms with Crippen LogP contribution in [0.2, 0.25) is 0 Å². The predicted octanol–water partition coefficient (Wildman–Crippen LogP) is 1.10. The second-order valence-electron chi connectivity index (χ2n) is 2.46. The Kier molecular flexibility index (Phi) is 3.90. The van der Waals surface area contributed by atoms with Gasteiger partial charge in [-0.25, -0.2) is 0 Å². The van der Waals surface area contributed by atoms with Crippen LogP contribution in [0, 0.1) is 0 Å². The molecular weight excluding hydrogens is 142 g/mol. The Bertz CT molecular complexity index is 127. The van der Waals surface area contributed by atoms with E-state index in [2.05, 4.69) is 10.3 Å². The van der Waals surface area contributed by atoms with Crippen LogP contribution in [0.5, 0.6) is 0 Å². The van der Waals surface area contributed by atoms with Crippen molar-refractivity contribution in [3.63, 3.8) is 0 Å². The van der Waals surface area contributed by atoms with Crippen molar-refractivity contribution in [3.8, 4) is 0 Å². The van der Waals surface area contributed by atoms with Gasteiger partial charge in [0.2, 0.25) is 0 Å². The third-order valence-corrected chi connectivity index (χ3v) is 1.56. The van der Waals surface area contributed by atoms with E-state index in [9.17, 15) is 0 Å². The number of nitrogens with zero attached hydrogens (tertiary/aromatic N) is 3. The van der Waals surface area contributed by atoms with E-state index in [0.29, 0.717) is 0 Å². The molecule has 0 spiro atoms. The summed E-state index contributed by atoms with van der Waals surface area (Å²) in [4.78, 5) is 0. The maximum atomic E-state index is 5.19. The van der Waals surface area contributed by atoms with Gasteiger partial charge in [-0.3, -0.25) is 5.01 Å². The molecule has 64 valence electrons. The predicted molar refractivity (Wildman–Crippen MR) is 42.4 cm³/mol. The Balaban J connectivity index is 1.90. The summed E-state index contributed by atoms with van der Waals surface area (Å²) in [5.74, 6) is 0. The zero-order valence-electron chi connectivity index (χ0n) is 6.99. The van der Waals surface area contributed by atoms with Crippen LogP contribution in [0.4, 0.5) is 0 Å². The Labute approximate surface area is 67.2 Å². The van der Waals surface area contributed by atoms with Crippen molar-refractivity contribution in [3.05, 3.63) is 0 Å². The van der Waals surface area contributed by atoms with E-state index in [1.165, 1.54) is 0 Å². The Morgan fingerprint density at radius 2 is 2.45 bits per heavy atom. The molecule has 0 unspecified atom stereocenters. The van der Waals surface area contributed by atoms with E-state index in [1.807, 2.05) is 11.9 Å². The van der Waals surface area contributed by atoms with Crippen molar-refractivity contribution in [2.75, 3.05) is 32.8 Å². The molecule has 0 aliphatic carbocycles. The summed E-state index contributed by atoms with van der Waals surface area (Å²) in [6.45, 7) is 6.46. The minimum atomic E-state index is 0.807. The average Bonchev–Trinajstić information content (AvgIpc) is 2.50. The van der Waals surface area contributed by atoms with Crippen LogP contribution in [0.3, 0.4) is 0 Å². The molecule has 0 radical (unpaired) electrons. The first-order valence-electron chi connectivity index (χ1n) is 4.13. The Morgan fingerprint density at radius 1 is 1.55 bits per heavy atom. The third-order valence-electron chi connectivity index (χ3n) is 1.56. The van der Waals surface area contributed by atoms with E-state index >= 15 is 0 Å². The molecule has 1 aliphatic heterocycles. The smallest absolute Gasteiger partial charge is 0.0813 e. The quantitative estimate of drug-likeness (QED) is 0.560. The zero-order valence-corrected chi connectivity index (χ0v) is 6.99. The fourth-order valence-electron chi connectivity index (χ4n) is 0.989. The highest BCUT2D eigenvalue weighted by atomic mass is 16.5. The second-order valence-corrected chi connectivity index (χ2v) is 2.46. The summed E-state index contributed by atoms with van der Waals surface area (Å²) >= 11 is 0. The maximum Gasteiger partial charge on any atom is 0.0813 e. The fourth-order valence-corrected chi connectivity index (χ4v) is 0.989. The van der Waals surface area contributed by atoms with Gasteiger partial charge in [0.25, 0.3) is 0 Å². The molecule has 0 amide bonds. The molecule has 1 rings (SSSR count). The molecule has 4 nitrogen and oxygen atoms in total. The van der Waals surface area contributed by atoms with Crippen molar-refractivity contribution >= 4 is 0 Å². The van der Waals surface area contributed by atoms with Crippen LogP contribution in [0.1, 0.15) is 13.3 Å². The van der Waals surface area contributed by atoms with Crippen molar-refractivity contribution in [1.29, 1.82) is 0 Å². The van der Waals surface area contributed by atoms with Crippen LogP contribution < -0.4 is 0 Å². The van der Waals surface area contributed by atoms with Crippen molar-refractivity contribution in [1.82, 2.24) is 5.01 Å². The Morgan fingerprint density at radius 3 is 3.09 bits per heavy atom. The van der Waals surface area contributed by atoms with Crippen LogP contribution in [0.25, 0.3) is 0 Å². The number of rotatable bonds is 5. The molecule has 0 fully saturated rings. The van der Waals surface area contributed by atoms with E-state index in [0.717, 1.165) is 39.3 Å². The minimum absolute atomic E-state index is 0.807. The average molecular weight is 157 g/mol. The van der Waals surface area contributed by atoms with Crippen molar-refractivity contribution in [2.24, 2.45) is 10.3 Å². The third kappa shape index (κ3) is 3.32. The fraction of sp³-hybridized carbons (Fsp3) is 1.00. The molecule has 0 bridgehead atoms. The molecule has 11 heavy (non-hydrogen) atoms. The van der Waals surface area contributed by atoms with E-state index in [-0.39, 0.29) is 0 Å². The second kappa shape index (κ2) is 5.07. The normalized spacial score (nSPS) is 16.3. The minimum Gasteiger partial charge on any atom is -0.382 e. The topological polar surface area (TPSA) is 37.2 Å². The first-order valence-corrected chi connectivity index (χ1v) is 4.13. The van der Waals surface area contributed by atoms with E-state index in [4.69, 9.17) is 4.74 Å². The van der Waals surface area contributed by atoms with Crippen LogP contribution in [-0.2, 0) is 4.74 Å². The lowest BCUT2D eigenvalue weighted by atomic mass is 10.4. The van der Waals surface area contributed by atoms with E-state index in [1.54, 1.807) is 0 Å². The molecule has 1 aliphatic rings. The van der Waals surface area contributed by atoms with Gasteiger partial charge in [-0.05, 0) is 13.3 Å². The van der Waals surface area contributed by atoms with Gasteiger partial charge >= 0.3 is 0 Å². The van der Waals surface area contributed by atoms with Gasteiger partial charge in [-0.1, -0.05) is 5.22 Å². The van der Waals surface area contributed by atoms with Crippen LogP contribution in [-0.4, -0.2) is 37.9 Å². The lowest BCUT2D eigenvalue weighted by Gasteiger charge is -2.10. The first kappa shape index (κ1) is 8.46. The monoisotopic (exact) mass is 157 g/mol. The molecular formula is C7H15N3O. The molecule has 0 aromatic heterocycles. The molecule has 0 aromatic rings. The van der Waals surface area contributed by atoms with Gasteiger partial charge in [0, 0.05) is 19.8 Å². The van der Waals surface area contributed by atoms with Crippen molar-refractivity contribution < 1.29 is 4.74 Å². The highest BCUT2D eigenvalue weighted by Crippen LogP contribution is 2.00. The standard InChI is InChI=1S/C7H15N3O/c1-2-11-7-3-5-10-6-4-8-9-10/h2-7H2,1H3. The molecule has 0 atom stereocenters. The molecule has 0 saturated heterocycles.